The van der Waals surface area contributed by atoms with Crippen LogP contribution < -0.4 is 5.11 Å². The predicted octanol–water partition coefficient (Wildman–Crippen LogP) is 0.995. The summed E-state index contributed by atoms with van der Waals surface area (Å²) in [4.78, 5) is 10.1. The number of hydrogen-bond donors (Lipinski definition) is 1. The van der Waals surface area contributed by atoms with Crippen molar-refractivity contribution in [2.24, 2.45) is 0 Å². The van der Waals surface area contributed by atoms with E-state index in [-0.39, 0.29) is 49.1 Å². The van der Waals surface area contributed by atoms with Gasteiger partial charge < -0.3 is 21.9 Å². The molecule has 0 aliphatic carbocycles. The van der Waals surface area contributed by atoms with Crippen LogP contribution in [0.3, 0.4) is 0 Å². The van der Waals surface area contributed by atoms with Gasteiger partial charge in [0.2, 0.25) is 0 Å². The molecule has 0 heterocycles. The fourth-order valence-corrected chi connectivity index (χ4v) is 0.598. The van der Waals surface area contributed by atoms with Crippen LogP contribution in [0.1, 0.15) is 30.1 Å². The number of phenols is 1. The molecule has 0 aliphatic rings. The molecule has 0 saturated carbocycles. The molecule has 0 unspecified atom stereocenters. The zero-order chi connectivity index (χ0) is 11.0. The van der Waals surface area contributed by atoms with E-state index in [1.165, 1.54) is 30.7 Å². The summed E-state index contributed by atoms with van der Waals surface area (Å²) >= 11 is 0. The van der Waals surface area contributed by atoms with E-state index in [2.05, 4.69) is 13.8 Å². The third-order valence-corrected chi connectivity index (χ3v) is 1.46. The standard InChI is InChI=1S/C7H6O3.C4H9.Ca/c8-6-3-1-5(2-4-6)7(9)10;1-3-4-2;/h1-4,8H,(H,9,10);1,3-4H2,2H3;/q;-1;+2/p-1. The van der Waals surface area contributed by atoms with Crippen molar-refractivity contribution in [2.45, 2.75) is 19.8 Å². The molecule has 3 nitrogen and oxygen atoms in total. The fraction of sp³-hybridized carbons (Fsp3) is 0.273. The number of benzene rings is 1. The molecule has 1 N–H and O–H groups in total. The summed E-state index contributed by atoms with van der Waals surface area (Å²) < 4.78 is 0. The maximum Gasteiger partial charge on any atom is 2.00 e. The number of phenolic OH excluding ortho intramolecular Hbond substituents is 1. The minimum absolute atomic E-state index is 0. The number of hydrogen-bond acceptors (Lipinski definition) is 3. The van der Waals surface area contributed by atoms with Crippen molar-refractivity contribution in [3.8, 4) is 5.75 Å². The predicted molar refractivity (Wildman–Crippen MR) is 58.5 cm³/mol. The maximum absolute atomic E-state index is 10.1. The van der Waals surface area contributed by atoms with E-state index >= 15 is 0 Å². The Morgan fingerprint density at radius 1 is 1.40 bits per heavy atom. The van der Waals surface area contributed by atoms with Gasteiger partial charge in [-0.1, -0.05) is 13.3 Å². The first-order valence-corrected chi connectivity index (χ1v) is 4.41. The number of aromatic carboxylic acids is 1. The molecule has 78 valence electrons. The van der Waals surface area contributed by atoms with Crippen LogP contribution >= 0.6 is 0 Å². The van der Waals surface area contributed by atoms with Gasteiger partial charge in [-0.05, 0) is 29.8 Å². The zero-order valence-electron chi connectivity index (χ0n) is 8.90. The molecular formula is C11H14CaO3. The summed E-state index contributed by atoms with van der Waals surface area (Å²) in [6.07, 6.45) is 2.28. The second kappa shape index (κ2) is 10.3. The van der Waals surface area contributed by atoms with Crippen LogP contribution in [0, 0.1) is 6.92 Å². The van der Waals surface area contributed by atoms with Crippen molar-refractivity contribution >= 4 is 43.7 Å². The third-order valence-electron chi connectivity index (χ3n) is 1.46. The van der Waals surface area contributed by atoms with Crippen molar-refractivity contribution in [1.82, 2.24) is 0 Å². The molecule has 0 fully saturated rings. The van der Waals surface area contributed by atoms with E-state index in [9.17, 15) is 9.90 Å². The summed E-state index contributed by atoms with van der Waals surface area (Å²) in [5, 5.41) is 18.8. The molecule has 0 aromatic heterocycles. The van der Waals surface area contributed by atoms with Gasteiger partial charge in [-0.15, -0.1) is 0 Å². The number of carboxylic acids is 1. The summed E-state index contributed by atoms with van der Waals surface area (Å²) in [5.41, 5.74) is 0.0674. The van der Waals surface area contributed by atoms with Crippen LogP contribution in [0.5, 0.6) is 5.75 Å². The average molecular weight is 234 g/mol. The van der Waals surface area contributed by atoms with Gasteiger partial charge in [0, 0.05) is 0 Å². The Morgan fingerprint density at radius 3 is 2.07 bits per heavy atom. The molecule has 0 spiro atoms. The Kier molecular flexibility index (Phi) is 11.7. The molecule has 0 aliphatic heterocycles. The van der Waals surface area contributed by atoms with E-state index in [4.69, 9.17) is 5.11 Å². The van der Waals surface area contributed by atoms with Gasteiger partial charge in [0.05, 0.1) is 5.97 Å². The van der Waals surface area contributed by atoms with Crippen molar-refractivity contribution in [3.05, 3.63) is 36.8 Å². The van der Waals surface area contributed by atoms with Crippen molar-refractivity contribution in [3.63, 3.8) is 0 Å². The molecule has 1 aromatic carbocycles. The molecule has 1 rings (SSSR count). The van der Waals surface area contributed by atoms with Crippen LogP contribution in [0.4, 0.5) is 0 Å². The van der Waals surface area contributed by atoms with Gasteiger partial charge in [0.25, 0.3) is 0 Å². The Bertz CT molecular complexity index is 268. The van der Waals surface area contributed by atoms with Gasteiger partial charge >= 0.3 is 37.7 Å². The number of carbonyl (C=O) groups excluding carboxylic acids is 1. The molecule has 0 amide bonds. The third kappa shape index (κ3) is 8.73. The summed E-state index contributed by atoms with van der Waals surface area (Å²) in [5.74, 6) is -1.19. The number of carbonyl (C=O) groups is 1. The van der Waals surface area contributed by atoms with Gasteiger partial charge in [-0.3, -0.25) is 0 Å². The second-order valence-electron chi connectivity index (χ2n) is 2.69. The maximum atomic E-state index is 10.1. The Labute approximate surface area is 120 Å². The minimum Gasteiger partial charge on any atom is -0.545 e. The van der Waals surface area contributed by atoms with Crippen LogP contribution in [0.15, 0.2) is 24.3 Å². The SMILES string of the molecule is O=C([O-])c1ccc(O)cc1.[CH2-]CCC.[Ca+2]. The zero-order valence-corrected chi connectivity index (χ0v) is 11.1. The fourth-order valence-electron chi connectivity index (χ4n) is 0.598. The quantitative estimate of drug-likeness (QED) is 0.613. The van der Waals surface area contributed by atoms with Crippen molar-refractivity contribution in [1.29, 1.82) is 0 Å². The van der Waals surface area contributed by atoms with Gasteiger partial charge in [0.1, 0.15) is 5.75 Å². The summed E-state index contributed by atoms with van der Waals surface area (Å²) in [7, 11) is 0. The first-order chi connectivity index (χ1) is 6.61. The molecule has 0 radical (unpaired) electrons. The van der Waals surface area contributed by atoms with E-state index in [0.29, 0.717) is 0 Å². The summed E-state index contributed by atoms with van der Waals surface area (Å²) in [6.45, 7) is 5.72. The first-order valence-electron chi connectivity index (χ1n) is 4.41. The van der Waals surface area contributed by atoms with Gasteiger partial charge in [-0.25, -0.2) is 0 Å². The Balaban J connectivity index is 0. The number of carboxylic acid groups (broad SMARTS) is 1. The molecule has 0 atom stereocenters. The van der Waals surface area contributed by atoms with E-state index in [1.54, 1.807) is 0 Å². The van der Waals surface area contributed by atoms with Gasteiger partial charge in [-0.2, -0.15) is 6.42 Å². The van der Waals surface area contributed by atoms with Crippen LogP contribution in [0.2, 0.25) is 0 Å². The Morgan fingerprint density at radius 2 is 1.80 bits per heavy atom. The van der Waals surface area contributed by atoms with Gasteiger partial charge in [0.15, 0.2) is 0 Å². The van der Waals surface area contributed by atoms with E-state index < -0.39 is 5.97 Å². The topological polar surface area (TPSA) is 60.4 Å². The molecule has 0 saturated heterocycles. The molecule has 1 aromatic rings. The Hall–Kier alpha value is -0.250. The molecular weight excluding hydrogens is 220 g/mol. The average Bonchev–Trinajstić information content (AvgIpc) is 2.19. The second-order valence-corrected chi connectivity index (χ2v) is 2.69. The van der Waals surface area contributed by atoms with E-state index in [1.807, 2.05) is 0 Å². The molecule has 0 bridgehead atoms. The first kappa shape index (κ1) is 17.2. The minimum atomic E-state index is -1.24. The van der Waals surface area contributed by atoms with Crippen molar-refractivity contribution in [2.75, 3.05) is 0 Å². The largest absolute Gasteiger partial charge is 2.00 e. The van der Waals surface area contributed by atoms with Crippen LogP contribution in [-0.2, 0) is 0 Å². The monoisotopic (exact) mass is 234 g/mol. The molecule has 15 heavy (non-hydrogen) atoms. The van der Waals surface area contributed by atoms with Crippen molar-refractivity contribution < 1.29 is 15.0 Å². The van der Waals surface area contributed by atoms with Crippen LogP contribution in [-0.4, -0.2) is 48.8 Å². The summed E-state index contributed by atoms with van der Waals surface area (Å²) in [6, 6.07) is 5.16. The van der Waals surface area contributed by atoms with Crippen LogP contribution in [0.25, 0.3) is 0 Å². The normalized spacial score (nSPS) is 8.13. The number of rotatable bonds is 2. The number of aromatic hydroxyl groups is 1. The number of unbranched alkanes of at least 4 members (excludes halogenated alkanes) is 1. The smallest absolute Gasteiger partial charge is 0.545 e. The molecule has 4 heteroatoms. The van der Waals surface area contributed by atoms with E-state index in [0.717, 1.165) is 6.42 Å².